The summed E-state index contributed by atoms with van der Waals surface area (Å²) >= 11 is 0. The van der Waals surface area contributed by atoms with Crippen LogP contribution in [-0.4, -0.2) is 17.5 Å². The highest BCUT2D eigenvalue weighted by molar-refractivity contribution is 7.79. The highest BCUT2D eigenvalue weighted by atomic mass is 32.3. The molecule has 0 aliphatic rings. The number of unbranched alkanes of at least 4 members (excludes halogenated alkanes) is 9. The minimum Gasteiger partial charge on any atom is -0.264 e. The zero-order chi connectivity index (χ0) is 22.0. The molecule has 0 radical (unpaired) electrons. The zero-order valence-corrected chi connectivity index (χ0v) is 19.8. The summed E-state index contributed by atoms with van der Waals surface area (Å²) in [5.74, 6) is 0. The molecule has 1 aromatic carbocycles. The van der Waals surface area contributed by atoms with Gasteiger partial charge in [0.05, 0.1) is 0 Å². The fourth-order valence-electron chi connectivity index (χ4n) is 3.69. The van der Waals surface area contributed by atoms with Crippen molar-refractivity contribution in [3.8, 4) is 0 Å². The zero-order valence-electron chi connectivity index (χ0n) is 19.0. The Bertz CT molecular complexity index is 573. The number of rotatable bonds is 15. The first-order valence-corrected chi connectivity index (χ1v) is 13.0. The van der Waals surface area contributed by atoms with E-state index in [1.165, 1.54) is 96.3 Å². The molecular formula is C24H44O4S. The average molecular weight is 429 g/mol. The van der Waals surface area contributed by atoms with E-state index < -0.39 is 10.4 Å². The third kappa shape index (κ3) is 17.6. The molecule has 0 amide bonds. The van der Waals surface area contributed by atoms with Crippen LogP contribution in [0.3, 0.4) is 0 Å². The van der Waals surface area contributed by atoms with Crippen molar-refractivity contribution < 1.29 is 17.5 Å². The Morgan fingerprint density at radius 3 is 1.31 bits per heavy atom. The van der Waals surface area contributed by atoms with Gasteiger partial charge in [0.15, 0.2) is 0 Å². The standard InChI is InChI=1S/C24H42.H2O4S/c1-4-7-10-13-17-22-19-16-20-23(18-14-11-8-5-2)24(22)21-15-12-9-6-3;1-5(2,3)4/h16,19-20H,4-15,17-18,21H2,1-3H3;(H2,1,2,3,4). The first-order valence-electron chi connectivity index (χ1n) is 11.6. The van der Waals surface area contributed by atoms with Gasteiger partial charge in [0, 0.05) is 0 Å². The van der Waals surface area contributed by atoms with Gasteiger partial charge in [0.25, 0.3) is 0 Å². The Labute approximate surface area is 180 Å². The summed E-state index contributed by atoms with van der Waals surface area (Å²) in [6, 6.07) is 7.15. The van der Waals surface area contributed by atoms with Gasteiger partial charge in [-0.05, 0) is 55.2 Å². The lowest BCUT2D eigenvalue weighted by Crippen LogP contribution is -2.02. The van der Waals surface area contributed by atoms with Gasteiger partial charge in [-0.25, -0.2) is 0 Å². The largest absolute Gasteiger partial charge is 0.394 e. The number of aryl methyl sites for hydroxylation is 2. The van der Waals surface area contributed by atoms with Crippen molar-refractivity contribution >= 4 is 10.4 Å². The summed E-state index contributed by atoms with van der Waals surface area (Å²) in [6.07, 6.45) is 20.4. The Morgan fingerprint density at radius 1 is 0.621 bits per heavy atom. The molecule has 170 valence electrons. The van der Waals surface area contributed by atoms with Gasteiger partial charge in [-0.1, -0.05) is 96.8 Å². The Balaban J connectivity index is 0.00000139. The van der Waals surface area contributed by atoms with Crippen molar-refractivity contribution in [1.82, 2.24) is 0 Å². The number of benzene rings is 1. The van der Waals surface area contributed by atoms with Crippen molar-refractivity contribution in [3.05, 3.63) is 34.9 Å². The minimum atomic E-state index is -4.67. The first kappa shape index (κ1) is 28.1. The molecule has 0 fully saturated rings. The van der Waals surface area contributed by atoms with Gasteiger partial charge in [0.1, 0.15) is 0 Å². The van der Waals surface area contributed by atoms with Gasteiger partial charge in [-0.15, -0.1) is 0 Å². The van der Waals surface area contributed by atoms with Gasteiger partial charge in [-0.2, -0.15) is 8.42 Å². The van der Waals surface area contributed by atoms with E-state index in [0.29, 0.717) is 0 Å². The van der Waals surface area contributed by atoms with Crippen LogP contribution in [0.1, 0.15) is 115 Å². The summed E-state index contributed by atoms with van der Waals surface area (Å²) in [5, 5.41) is 0. The second-order valence-electron chi connectivity index (χ2n) is 7.93. The van der Waals surface area contributed by atoms with Crippen molar-refractivity contribution in [2.24, 2.45) is 0 Å². The third-order valence-electron chi connectivity index (χ3n) is 5.25. The molecule has 0 heterocycles. The molecule has 1 aromatic rings. The average Bonchev–Trinajstić information content (AvgIpc) is 2.65. The van der Waals surface area contributed by atoms with E-state index >= 15 is 0 Å². The van der Waals surface area contributed by atoms with E-state index in [1.807, 2.05) is 0 Å². The van der Waals surface area contributed by atoms with E-state index in [1.54, 1.807) is 16.7 Å². The maximum absolute atomic E-state index is 8.74. The quantitative estimate of drug-likeness (QED) is 0.225. The van der Waals surface area contributed by atoms with Gasteiger partial charge < -0.3 is 0 Å². The van der Waals surface area contributed by atoms with Gasteiger partial charge in [-0.3, -0.25) is 9.11 Å². The third-order valence-corrected chi connectivity index (χ3v) is 5.25. The fraction of sp³-hybridized carbons (Fsp3) is 0.750. The lowest BCUT2D eigenvalue weighted by atomic mass is 9.90. The molecule has 0 bridgehead atoms. The summed E-state index contributed by atoms with van der Waals surface area (Å²) in [7, 11) is -4.67. The van der Waals surface area contributed by atoms with E-state index in [2.05, 4.69) is 39.0 Å². The van der Waals surface area contributed by atoms with Crippen LogP contribution >= 0.6 is 0 Å². The summed E-state index contributed by atoms with van der Waals surface area (Å²) < 4.78 is 31.6. The van der Waals surface area contributed by atoms with Crippen LogP contribution < -0.4 is 0 Å². The van der Waals surface area contributed by atoms with Crippen LogP contribution in [0.15, 0.2) is 18.2 Å². The molecule has 0 spiro atoms. The predicted octanol–water partition coefficient (Wildman–Crippen LogP) is 7.40. The van der Waals surface area contributed by atoms with Crippen molar-refractivity contribution in [3.63, 3.8) is 0 Å². The van der Waals surface area contributed by atoms with Gasteiger partial charge in [0.2, 0.25) is 0 Å². The van der Waals surface area contributed by atoms with Crippen LogP contribution in [-0.2, 0) is 29.7 Å². The molecule has 4 nitrogen and oxygen atoms in total. The van der Waals surface area contributed by atoms with Crippen molar-refractivity contribution in [2.45, 2.75) is 117 Å². The Kier molecular flexibility index (Phi) is 17.3. The normalized spacial score (nSPS) is 11.2. The second-order valence-corrected chi connectivity index (χ2v) is 8.83. The van der Waals surface area contributed by atoms with Crippen LogP contribution in [0.2, 0.25) is 0 Å². The van der Waals surface area contributed by atoms with Crippen molar-refractivity contribution in [1.29, 1.82) is 0 Å². The summed E-state index contributed by atoms with van der Waals surface area (Å²) in [5.41, 5.74) is 5.05. The molecule has 0 atom stereocenters. The minimum absolute atomic E-state index is 1.30. The second kappa shape index (κ2) is 17.9. The molecule has 2 N–H and O–H groups in total. The highest BCUT2D eigenvalue weighted by Crippen LogP contribution is 2.23. The SMILES string of the molecule is CCCCCCc1cccc(CCCCCC)c1CCCCCC.O=S(=O)(O)O. The molecule has 0 saturated heterocycles. The number of hydrogen-bond acceptors (Lipinski definition) is 2. The van der Waals surface area contributed by atoms with Gasteiger partial charge >= 0.3 is 10.4 Å². The van der Waals surface area contributed by atoms with E-state index in [9.17, 15) is 0 Å². The molecule has 0 aliphatic carbocycles. The molecular weight excluding hydrogens is 384 g/mol. The summed E-state index contributed by atoms with van der Waals surface area (Å²) in [4.78, 5) is 0. The summed E-state index contributed by atoms with van der Waals surface area (Å²) in [6.45, 7) is 6.91. The molecule has 0 saturated carbocycles. The maximum Gasteiger partial charge on any atom is 0.394 e. The first-order chi connectivity index (χ1) is 13.8. The molecule has 1 rings (SSSR count). The van der Waals surface area contributed by atoms with Crippen LogP contribution in [0.5, 0.6) is 0 Å². The van der Waals surface area contributed by atoms with Crippen LogP contribution in [0.25, 0.3) is 0 Å². The van der Waals surface area contributed by atoms with E-state index in [-0.39, 0.29) is 0 Å². The van der Waals surface area contributed by atoms with Crippen LogP contribution in [0, 0.1) is 0 Å². The molecule has 0 aromatic heterocycles. The monoisotopic (exact) mass is 428 g/mol. The smallest absolute Gasteiger partial charge is 0.264 e. The molecule has 0 aliphatic heterocycles. The number of hydrogen-bond donors (Lipinski definition) is 2. The Morgan fingerprint density at radius 2 is 0.966 bits per heavy atom. The highest BCUT2D eigenvalue weighted by Gasteiger charge is 2.08. The molecule has 0 unspecified atom stereocenters. The Hall–Kier alpha value is -0.910. The van der Waals surface area contributed by atoms with E-state index in [4.69, 9.17) is 17.5 Å². The topological polar surface area (TPSA) is 74.6 Å². The molecule has 29 heavy (non-hydrogen) atoms. The predicted molar refractivity (Wildman–Crippen MR) is 124 cm³/mol. The lowest BCUT2D eigenvalue weighted by Gasteiger charge is -2.15. The lowest BCUT2D eigenvalue weighted by molar-refractivity contribution is 0.381. The molecule has 5 heteroatoms. The van der Waals surface area contributed by atoms with Crippen molar-refractivity contribution in [2.75, 3.05) is 0 Å². The van der Waals surface area contributed by atoms with Crippen LogP contribution in [0.4, 0.5) is 0 Å². The maximum atomic E-state index is 8.74. The van der Waals surface area contributed by atoms with E-state index in [0.717, 1.165) is 0 Å². The fourth-order valence-corrected chi connectivity index (χ4v) is 3.69.